The Balaban J connectivity index is 3.15. The number of H-pyrrole nitrogens is 1. The molecule has 0 amide bonds. The minimum atomic E-state index is -0.558. The summed E-state index contributed by atoms with van der Waals surface area (Å²) in [6, 6.07) is 1.44. The van der Waals surface area contributed by atoms with Crippen LogP contribution >= 0.6 is 0 Å². The van der Waals surface area contributed by atoms with Crippen LogP contribution in [0.1, 0.15) is 38.7 Å². The van der Waals surface area contributed by atoms with Crippen molar-refractivity contribution in [1.29, 1.82) is 0 Å². The molecule has 1 aromatic rings. The number of aromatic amines is 1. The van der Waals surface area contributed by atoms with Crippen molar-refractivity contribution in [3.05, 3.63) is 27.9 Å². The van der Waals surface area contributed by atoms with Crippen LogP contribution in [0.3, 0.4) is 0 Å². The van der Waals surface area contributed by atoms with Gasteiger partial charge in [-0.3, -0.25) is 4.79 Å². The molecule has 0 aliphatic rings. The Morgan fingerprint density at radius 1 is 1.47 bits per heavy atom. The number of aromatic nitrogens is 2. The van der Waals surface area contributed by atoms with Crippen molar-refractivity contribution in [3.63, 3.8) is 0 Å². The fraction of sp³-hybridized carbons (Fsp3) is 0.667. The topological polar surface area (TPSA) is 64.2 Å². The summed E-state index contributed by atoms with van der Waals surface area (Å²) in [4.78, 5) is 18.7. The smallest absolute Gasteiger partial charge is 0.251 e. The monoisotopic (exact) mass is 240 g/mol. The molecule has 0 aliphatic carbocycles. The van der Waals surface area contributed by atoms with Crippen LogP contribution < -0.4 is 5.56 Å². The molecule has 1 heterocycles. The molecule has 5 heteroatoms. The molecule has 1 aromatic heterocycles. The van der Waals surface area contributed by atoms with Crippen molar-refractivity contribution >= 4 is 0 Å². The lowest BCUT2D eigenvalue weighted by molar-refractivity contribution is -0.0395. The largest absolute Gasteiger partial charge is 0.378 e. The zero-order valence-corrected chi connectivity index (χ0v) is 10.9. The summed E-state index contributed by atoms with van der Waals surface area (Å²) in [7, 11) is 1.57. The van der Waals surface area contributed by atoms with Gasteiger partial charge in [0.15, 0.2) is 0 Å². The number of hydrogen-bond donors (Lipinski definition) is 1. The van der Waals surface area contributed by atoms with Crippen LogP contribution in [-0.2, 0) is 21.7 Å². The van der Waals surface area contributed by atoms with Gasteiger partial charge in [0.25, 0.3) is 5.56 Å². The third-order valence-electron chi connectivity index (χ3n) is 2.73. The summed E-state index contributed by atoms with van der Waals surface area (Å²) in [6.07, 6.45) is 0.736. The first-order chi connectivity index (χ1) is 8.05. The van der Waals surface area contributed by atoms with Gasteiger partial charge < -0.3 is 14.5 Å². The van der Waals surface area contributed by atoms with Gasteiger partial charge in [0.1, 0.15) is 11.4 Å². The molecule has 0 aliphatic heterocycles. The highest BCUT2D eigenvalue weighted by Crippen LogP contribution is 2.25. The summed E-state index contributed by atoms with van der Waals surface area (Å²) in [5.41, 5.74) is -0.121. The van der Waals surface area contributed by atoms with Gasteiger partial charge in [0, 0.05) is 19.8 Å². The zero-order chi connectivity index (χ0) is 12.9. The van der Waals surface area contributed by atoms with E-state index in [1.165, 1.54) is 6.07 Å². The van der Waals surface area contributed by atoms with E-state index >= 15 is 0 Å². The van der Waals surface area contributed by atoms with Crippen LogP contribution in [-0.4, -0.2) is 23.7 Å². The zero-order valence-electron chi connectivity index (χ0n) is 10.9. The molecule has 0 spiro atoms. The number of rotatable bonds is 6. The Hall–Kier alpha value is -1.20. The summed E-state index contributed by atoms with van der Waals surface area (Å²) in [5, 5.41) is 0. The fourth-order valence-electron chi connectivity index (χ4n) is 1.64. The minimum Gasteiger partial charge on any atom is -0.378 e. The molecule has 1 rings (SSSR count). The number of ether oxygens (including phenoxy) is 2. The Morgan fingerprint density at radius 3 is 2.71 bits per heavy atom. The summed E-state index contributed by atoms with van der Waals surface area (Å²) in [6.45, 7) is 6.74. The van der Waals surface area contributed by atoms with Crippen molar-refractivity contribution < 1.29 is 9.47 Å². The lowest BCUT2D eigenvalue weighted by Crippen LogP contribution is -2.31. The van der Waals surface area contributed by atoms with Crippen LogP contribution in [0.5, 0.6) is 0 Å². The normalized spacial score (nSPS) is 14.6. The van der Waals surface area contributed by atoms with Gasteiger partial charge in [0.2, 0.25) is 0 Å². The van der Waals surface area contributed by atoms with Crippen molar-refractivity contribution in [2.45, 2.75) is 39.4 Å². The summed E-state index contributed by atoms with van der Waals surface area (Å²) in [5.74, 6) is 0.557. The minimum absolute atomic E-state index is 0.179. The highest BCUT2D eigenvalue weighted by atomic mass is 16.5. The van der Waals surface area contributed by atoms with Gasteiger partial charge in [-0.05, 0) is 20.3 Å². The molecular weight excluding hydrogens is 220 g/mol. The van der Waals surface area contributed by atoms with Gasteiger partial charge >= 0.3 is 0 Å². The average molecular weight is 240 g/mol. The van der Waals surface area contributed by atoms with Crippen LogP contribution in [0.15, 0.2) is 10.9 Å². The maximum atomic E-state index is 11.5. The molecule has 96 valence electrons. The van der Waals surface area contributed by atoms with E-state index in [1.54, 1.807) is 7.11 Å². The van der Waals surface area contributed by atoms with Gasteiger partial charge in [-0.1, -0.05) is 6.92 Å². The second-order valence-electron chi connectivity index (χ2n) is 4.04. The van der Waals surface area contributed by atoms with Crippen LogP contribution in [0.2, 0.25) is 0 Å². The Kier molecular flexibility index (Phi) is 4.84. The first-order valence-electron chi connectivity index (χ1n) is 5.79. The molecule has 1 atom stereocenters. The van der Waals surface area contributed by atoms with Crippen molar-refractivity contribution in [1.82, 2.24) is 9.97 Å². The Bertz CT molecular complexity index is 416. The second-order valence-corrected chi connectivity index (χ2v) is 4.04. The SMILES string of the molecule is CCOC(C)(CC)c1nc(COC)cc(=O)[nH]1. The van der Waals surface area contributed by atoms with E-state index in [0.29, 0.717) is 24.7 Å². The lowest BCUT2D eigenvalue weighted by Gasteiger charge is -2.27. The highest BCUT2D eigenvalue weighted by molar-refractivity contribution is 5.07. The molecule has 0 fully saturated rings. The van der Waals surface area contributed by atoms with Crippen molar-refractivity contribution in [3.8, 4) is 0 Å². The first-order valence-corrected chi connectivity index (χ1v) is 5.79. The van der Waals surface area contributed by atoms with Crippen LogP contribution in [0, 0.1) is 0 Å². The van der Waals surface area contributed by atoms with Gasteiger partial charge in [-0.15, -0.1) is 0 Å². The van der Waals surface area contributed by atoms with E-state index in [4.69, 9.17) is 9.47 Å². The van der Waals surface area contributed by atoms with Crippen molar-refractivity contribution in [2.75, 3.05) is 13.7 Å². The predicted octanol–water partition coefficient (Wildman–Crippen LogP) is 1.58. The molecule has 5 nitrogen and oxygen atoms in total. The molecule has 0 radical (unpaired) electrons. The van der Waals surface area contributed by atoms with E-state index in [2.05, 4.69) is 9.97 Å². The molecule has 0 saturated heterocycles. The van der Waals surface area contributed by atoms with Crippen LogP contribution in [0.25, 0.3) is 0 Å². The quantitative estimate of drug-likeness (QED) is 0.820. The van der Waals surface area contributed by atoms with Gasteiger partial charge in [0.05, 0.1) is 12.3 Å². The standard InChI is InChI=1S/C12H20N2O3/c1-5-12(3,17-6-2)11-13-9(8-16-4)7-10(15)14-11/h7H,5-6,8H2,1-4H3,(H,13,14,15). The third kappa shape index (κ3) is 3.38. The fourth-order valence-corrected chi connectivity index (χ4v) is 1.64. The second kappa shape index (κ2) is 5.93. The van der Waals surface area contributed by atoms with E-state index in [-0.39, 0.29) is 5.56 Å². The van der Waals surface area contributed by atoms with E-state index in [1.807, 2.05) is 20.8 Å². The maximum absolute atomic E-state index is 11.5. The molecule has 0 saturated carbocycles. The average Bonchev–Trinajstić information content (AvgIpc) is 2.29. The Labute approximate surface area is 101 Å². The number of methoxy groups -OCH3 is 1. The van der Waals surface area contributed by atoms with E-state index in [0.717, 1.165) is 6.42 Å². The third-order valence-corrected chi connectivity index (χ3v) is 2.73. The molecular formula is C12H20N2O3. The lowest BCUT2D eigenvalue weighted by atomic mass is 10.0. The highest BCUT2D eigenvalue weighted by Gasteiger charge is 2.28. The number of nitrogens with zero attached hydrogens (tertiary/aromatic N) is 1. The summed E-state index contributed by atoms with van der Waals surface area (Å²) < 4.78 is 10.7. The first kappa shape index (κ1) is 13.9. The molecule has 17 heavy (non-hydrogen) atoms. The van der Waals surface area contributed by atoms with Crippen LogP contribution in [0.4, 0.5) is 0 Å². The molecule has 1 N–H and O–H groups in total. The van der Waals surface area contributed by atoms with E-state index in [9.17, 15) is 4.79 Å². The van der Waals surface area contributed by atoms with Gasteiger partial charge in [-0.2, -0.15) is 0 Å². The number of nitrogens with one attached hydrogen (secondary N) is 1. The van der Waals surface area contributed by atoms with Gasteiger partial charge in [-0.25, -0.2) is 4.98 Å². The predicted molar refractivity (Wildman–Crippen MR) is 64.8 cm³/mol. The summed E-state index contributed by atoms with van der Waals surface area (Å²) >= 11 is 0. The molecule has 0 aromatic carbocycles. The molecule has 0 bridgehead atoms. The Morgan fingerprint density at radius 2 is 2.18 bits per heavy atom. The number of hydrogen-bond acceptors (Lipinski definition) is 4. The van der Waals surface area contributed by atoms with Crippen molar-refractivity contribution in [2.24, 2.45) is 0 Å². The van der Waals surface area contributed by atoms with E-state index < -0.39 is 5.60 Å². The maximum Gasteiger partial charge on any atom is 0.251 e. The molecule has 1 unspecified atom stereocenters.